The molecule has 1 aliphatic heterocycles. The highest BCUT2D eigenvalue weighted by atomic mass is 16.5. The molecule has 0 spiro atoms. The Morgan fingerprint density at radius 2 is 1.97 bits per heavy atom. The van der Waals surface area contributed by atoms with E-state index in [0.29, 0.717) is 26.3 Å². The van der Waals surface area contributed by atoms with Gasteiger partial charge in [0.2, 0.25) is 0 Å². The van der Waals surface area contributed by atoms with Crippen LogP contribution >= 0.6 is 0 Å². The minimum absolute atomic E-state index is 0.186. The molecule has 7 heteroatoms. The van der Waals surface area contributed by atoms with Gasteiger partial charge in [-0.15, -0.1) is 0 Å². The fraction of sp³-hybridized carbons (Fsp3) is 0.423. The number of rotatable bonds is 10. The predicted octanol–water partition coefficient (Wildman–Crippen LogP) is 3.30. The standard InChI is InChI=1S/C26H33N3O4/c1-22-7-9-24(10-8-22)33-21-26(30)19-28(14-16-31-20-26)18-23-5-2-6-25(17-23)32-15-4-13-29-12-3-11-27-29/h2-3,5-12,17,30H,4,13-16,18-21H2,1H3. The van der Waals surface area contributed by atoms with Gasteiger partial charge in [0, 0.05) is 45.0 Å². The fourth-order valence-corrected chi connectivity index (χ4v) is 3.91. The summed E-state index contributed by atoms with van der Waals surface area (Å²) >= 11 is 0. The Morgan fingerprint density at radius 1 is 1.09 bits per heavy atom. The first kappa shape index (κ1) is 23.3. The average Bonchev–Trinajstić information content (AvgIpc) is 3.26. The molecule has 3 aromatic rings. The maximum atomic E-state index is 11.2. The van der Waals surface area contributed by atoms with Crippen molar-refractivity contribution in [3.8, 4) is 11.5 Å². The van der Waals surface area contributed by atoms with Gasteiger partial charge in [0.1, 0.15) is 23.7 Å². The Balaban J connectivity index is 1.28. The zero-order valence-electron chi connectivity index (χ0n) is 19.2. The molecular formula is C26H33N3O4. The van der Waals surface area contributed by atoms with Gasteiger partial charge in [0.15, 0.2) is 0 Å². The number of benzene rings is 2. The average molecular weight is 452 g/mol. The molecule has 0 bridgehead atoms. The van der Waals surface area contributed by atoms with Crippen LogP contribution < -0.4 is 9.47 Å². The summed E-state index contributed by atoms with van der Waals surface area (Å²) in [5.74, 6) is 1.61. The first-order valence-electron chi connectivity index (χ1n) is 11.5. The van der Waals surface area contributed by atoms with Gasteiger partial charge >= 0.3 is 0 Å². The second kappa shape index (κ2) is 11.3. The normalized spacial score (nSPS) is 19.2. The van der Waals surface area contributed by atoms with Crippen LogP contribution in [0.25, 0.3) is 0 Å². The molecular weight excluding hydrogens is 418 g/mol. The number of aryl methyl sites for hydroxylation is 2. The van der Waals surface area contributed by atoms with Gasteiger partial charge in [0.25, 0.3) is 0 Å². The van der Waals surface area contributed by atoms with Crippen LogP contribution in [0.5, 0.6) is 11.5 Å². The maximum absolute atomic E-state index is 11.2. The molecule has 33 heavy (non-hydrogen) atoms. The summed E-state index contributed by atoms with van der Waals surface area (Å²) in [5, 5.41) is 15.4. The van der Waals surface area contributed by atoms with Gasteiger partial charge in [-0.1, -0.05) is 29.8 Å². The van der Waals surface area contributed by atoms with Crippen LogP contribution in [0.2, 0.25) is 0 Å². The molecule has 2 heterocycles. The molecule has 4 rings (SSSR count). The van der Waals surface area contributed by atoms with Crippen LogP contribution in [0.4, 0.5) is 0 Å². The summed E-state index contributed by atoms with van der Waals surface area (Å²) in [6.45, 7) is 6.48. The van der Waals surface area contributed by atoms with E-state index in [-0.39, 0.29) is 13.2 Å². The van der Waals surface area contributed by atoms with Gasteiger partial charge < -0.3 is 19.3 Å². The van der Waals surface area contributed by atoms with E-state index >= 15 is 0 Å². The zero-order chi connectivity index (χ0) is 22.9. The monoisotopic (exact) mass is 451 g/mol. The molecule has 1 aliphatic rings. The molecule has 1 unspecified atom stereocenters. The number of β-amino-alcohol motifs (C(OH)–C–C–N with tert-alkyl or cyclic N) is 1. The molecule has 7 nitrogen and oxygen atoms in total. The highest BCUT2D eigenvalue weighted by Crippen LogP contribution is 2.20. The van der Waals surface area contributed by atoms with Crippen molar-refractivity contribution in [3.63, 3.8) is 0 Å². The van der Waals surface area contributed by atoms with Crippen LogP contribution in [0.15, 0.2) is 67.0 Å². The van der Waals surface area contributed by atoms with Crippen molar-refractivity contribution in [2.75, 3.05) is 39.5 Å². The van der Waals surface area contributed by atoms with Crippen molar-refractivity contribution >= 4 is 0 Å². The Labute approximate surface area is 195 Å². The number of aromatic nitrogens is 2. The Morgan fingerprint density at radius 3 is 2.79 bits per heavy atom. The predicted molar refractivity (Wildman–Crippen MR) is 127 cm³/mol. The Kier molecular flexibility index (Phi) is 7.99. The quantitative estimate of drug-likeness (QED) is 0.477. The SMILES string of the molecule is Cc1ccc(OCC2(O)COCCN(Cc3cccc(OCCCn4cccn4)c3)C2)cc1. The van der Waals surface area contributed by atoms with Crippen LogP contribution in [0.1, 0.15) is 17.5 Å². The number of ether oxygens (including phenoxy) is 3. The lowest BCUT2D eigenvalue weighted by atomic mass is 10.1. The van der Waals surface area contributed by atoms with E-state index in [4.69, 9.17) is 14.2 Å². The molecule has 0 radical (unpaired) electrons. The Hall–Kier alpha value is -2.87. The summed E-state index contributed by atoms with van der Waals surface area (Å²) in [5.41, 5.74) is 1.25. The number of aliphatic hydroxyl groups is 1. The molecule has 1 aromatic heterocycles. The molecule has 0 saturated carbocycles. The van der Waals surface area contributed by atoms with E-state index in [2.05, 4.69) is 22.1 Å². The molecule has 1 fully saturated rings. The topological polar surface area (TPSA) is 69.0 Å². The van der Waals surface area contributed by atoms with E-state index in [0.717, 1.165) is 36.6 Å². The van der Waals surface area contributed by atoms with E-state index in [1.807, 2.05) is 60.3 Å². The lowest BCUT2D eigenvalue weighted by Crippen LogP contribution is -2.48. The first-order valence-corrected chi connectivity index (χ1v) is 11.5. The van der Waals surface area contributed by atoms with Gasteiger partial charge in [-0.05, 0) is 42.8 Å². The molecule has 1 N–H and O–H groups in total. The lowest BCUT2D eigenvalue weighted by molar-refractivity contribution is -0.0646. The molecule has 0 aliphatic carbocycles. The minimum Gasteiger partial charge on any atom is -0.494 e. The minimum atomic E-state index is -1.07. The molecule has 1 atom stereocenters. The number of nitrogens with zero attached hydrogens (tertiary/aromatic N) is 3. The van der Waals surface area contributed by atoms with Crippen LogP contribution in [0, 0.1) is 6.92 Å². The highest BCUT2D eigenvalue weighted by molar-refractivity contribution is 5.29. The first-order chi connectivity index (χ1) is 16.1. The Bertz CT molecular complexity index is 977. The van der Waals surface area contributed by atoms with Crippen LogP contribution in [-0.2, 0) is 17.8 Å². The van der Waals surface area contributed by atoms with Gasteiger partial charge in [-0.3, -0.25) is 9.58 Å². The summed E-state index contributed by atoms with van der Waals surface area (Å²) in [6, 6.07) is 17.9. The molecule has 1 saturated heterocycles. The van der Waals surface area contributed by atoms with Crippen LogP contribution in [0.3, 0.4) is 0 Å². The molecule has 0 amide bonds. The highest BCUT2D eigenvalue weighted by Gasteiger charge is 2.33. The van der Waals surface area contributed by atoms with Gasteiger partial charge in [0.05, 0.1) is 19.8 Å². The summed E-state index contributed by atoms with van der Waals surface area (Å²) in [6.07, 6.45) is 4.63. The molecule has 176 valence electrons. The van der Waals surface area contributed by atoms with Crippen molar-refractivity contribution in [3.05, 3.63) is 78.1 Å². The third-order valence-electron chi connectivity index (χ3n) is 5.63. The molecule has 2 aromatic carbocycles. The fourth-order valence-electron chi connectivity index (χ4n) is 3.91. The second-order valence-corrected chi connectivity index (χ2v) is 8.71. The lowest BCUT2D eigenvalue weighted by Gasteiger charge is -2.30. The number of hydrogen-bond acceptors (Lipinski definition) is 6. The van der Waals surface area contributed by atoms with Crippen LogP contribution in [-0.4, -0.2) is 64.9 Å². The van der Waals surface area contributed by atoms with Gasteiger partial charge in [-0.2, -0.15) is 5.10 Å². The van der Waals surface area contributed by atoms with E-state index < -0.39 is 5.60 Å². The van der Waals surface area contributed by atoms with Crippen molar-refractivity contribution in [2.24, 2.45) is 0 Å². The maximum Gasteiger partial charge on any atom is 0.134 e. The van der Waals surface area contributed by atoms with E-state index in [1.54, 1.807) is 6.20 Å². The third kappa shape index (κ3) is 7.32. The smallest absolute Gasteiger partial charge is 0.134 e. The third-order valence-corrected chi connectivity index (χ3v) is 5.63. The van der Waals surface area contributed by atoms with Gasteiger partial charge in [-0.25, -0.2) is 0 Å². The zero-order valence-corrected chi connectivity index (χ0v) is 19.2. The number of hydrogen-bond donors (Lipinski definition) is 1. The summed E-state index contributed by atoms with van der Waals surface area (Å²) in [4.78, 5) is 2.21. The van der Waals surface area contributed by atoms with Crippen molar-refractivity contribution in [2.45, 2.75) is 32.0 Å². The van der Waals surface area contributed by atoms with E-state index in [9.17, 15) is 5.11 Å². The summed E-state index contributed by atoms with van der Waals surface area (Å²) in [7, 11) is 0. The second-order valence-electron chi connectivity index (χ2n) is 8.71. The largest absolute Gasteiger partial charge is 0.494 e. The van der Waals surface area contributed by atoms with Crippen molar-refractivity contribution in [1.82, 2.24) is 14.7 Å². The van der Waals surface area contributed by atoms with Crippen molar-refractivity contribution in [1.29, 1.82) is 0 Å². The van der Waals surface area contributed by atoms with Crippen molar-refractivity contribution < 1.29 is 19.3 Å². The summed E-state index contributed by atoms with van der Waals surface area (Å²) < 4.78 is 19.4. The van der Waals surface area contributed by atoms with E-state index in [1.165, 1.54) is 5.56 Å².